The highest BCUT2D eigenvalue weighted by molar-refractivity contribution is 6.31. The number of hydrogen-bond donors (Lipinski definition) is 2. The highest BCUT2D eigenvalue weighted by atomic mass is 35.5. The number of rotatable bonds is 10. The molecule has 46 heavy (non-hydrogen) atoms. The van der Waals surface area contributed by atoms with Crippen molar-refractivity contribution in [1.29, 1.82) is 0 Å². The van der Waals surface area contributed by atoms with E-state index < -0.39 is 35.1 Å². The molecule has 2 amide bonds. The Bertz CT molecular complexity index is 1700. The fourth-order valence-electron chi connectivity index (χ4n) is 6.66. The lowest BCUT2D eigenvalue weighted by molar-refractivity contribution is -0.136. The molecule has 2 N–H and O–H groups in total. The van der Waals surface area contributed by atoms with Gasteiger partial charge in [-0.1, -0.05) is 60.1 Å². The molecule has 0 bridgehead atoms. The first-order chi connectivity index (χ1) is 21.9. The van der Waals surface area contributed by atoms with E-state index in [-0.39, 0.29) is 36.1 Å². The highest BCUT2D eigenvalue weighted by Gasteiger charge is 2.65. The largest absolute Gasteiger partial charge is 0.501 e. The van der Waals surface area contributed by atoms with E-state index in [9.17, 15) is 19.5 Å². The minimum atomic E-state index is -1.59. The zero-order valence-electron chi connectivity index (χ0n) is 25.4. The van der Waals surface area contributed by atoms with E-state index in [0.29, 0.717) is 21.8 Å². The van der Waals surface area contributed by atoms with Crippen LogP contribution in [-0.2, 0) is 26.4 Å². The third-order valence-electron chi connectivity index (χ3n) is 8.68. The van der Waals surface area contributed by atoms with Gasteiger partial charge in [0.15, 0.2) is 0 Å². The summed E-state index contributed by atoms with van der Waals surface area (Å²) < 4.78 is 22.2. The van der Waals surface area contributed by atoms with Crippen molar-refractivity contribution in [3.05, 3.63) is 123 Å². The number of carbonyl (C=O) groups is 3. The second-order valence-electron chi connectivity index (χ2n) is 11.6. The number of amides is 2. The third-order valence-corrected chi connectivity index (χ3v) is 9.04. The molecule has 0 radical (unpaired) electrons. The fraction of sp³-hybridized carbons (Fsp3) is 0.286. The average molecular weight is 667 g/mol. The van der Waals surface area contributed by atoms with Crippen molar-refractivity contribution in [2.45, 2.75) is 24.9 Å². The van der Waals surface area contributed by atoms with Crippen LogP contribution in [0, 0.1) is 11.8 Å². The number of nitrogens with zero attached hydrogens (tertiary/aromatic N) is 2. The molecule has 2 aliphatic heterocycles. The Morgan fingerprint density at radius 1 is 1.26 bits per heavy atom. The topological polar surface area (TPSA) is 99.2 Å². The van der Waals surface area contributed by atoms with Gasteiger partial charge in [0, 0.05) is 54.4 Å². The quantitative estimate of drug-likeness (QED) is 0.271. The molecule has 1 unspecified atom stereocenters. The maximum Gasteiger partial charge on any atom is 0.335 e. The van der Waals surface area contributed by atoms with Gasteiger partial charge >= 0.3 is 5.97 Å². The van der Waals surface area contributed by atoms with Gasteiger partial charge < -0.3 is 20.1 Å². The minimum Gasteiger partial charge on any atom is -0.501 e. The van der Waals surface area contributed by atoms with Crippen molar-refractivity contribution < 1.29 is 28.6 Å². The van der Waals surface area contributed by atoms with E-state index >= 15 is 4.39 Å². The summed E-state index contributed by atoms with van der Waals surface area (Å²) in [5, 5.41) is 12.8. The Kier molecular flexibility index (Phi) is 9.86. The average Bonchev–Trinajstić information content (AvgIpc) is 3.50. The molecule has 1 aliphatic carbocycles. The lowest BCUT2D eigenvalue weighted by Crippen LogP contribution is -2.51. The van der Waals surface area contributed by atoms with Crippen LogP contribution in [0.3, 0.4) is 0 Å². The van der Waals surface area contributed by atoms with Crippen LogP contribution in [0.4, 0.5) is 10.1 Å². The first kappa shape index (κ1) is 33.2. The lowest BCUT2D eigenvalue weighted by Gasteiger charge is -2.38. The molecule has 1 spiro atoms. The number of fused-ring (bicyclic) bond motifs is 2. The summed E-state index contributed by atoms with van der Waals surface area (Å²) in [7, 11) is 3.22. The summed E-state index contributed by atoms with van der Waals surface area (Å²) in [4.78, 5) is 43.3. The van der Waals surface area contributed by atoms with Gasteiger partial charge in [0.1, 0.15) is 11.4 Å². The van der Waals surface area contributed by atoms with Gasteiger partial charge in [0.05, 0.1) is 30.3 Å². The smallest absolute Gasteiger partial charge is 0.335 e. The number of halogens is 3. The molecule has 240 valence electrons. The maximum absolute atomic E-state index is 16.7. The number of aromatic carboxylic acids is 1. The minimum absolute atomic E-state index is 0.0714. The molecule has 3 aliphatic rings. The van der Waals surface area contributed by atoms with E-state index in [1.165, 1.54) is 35.3 Å². The van der Waals surface area contributed by atoms with Crippen molar-refractivity contribution in [1.82, 2.24) is 9.80 Å². The summed E-state index contributed by atoms with van der Waals surface area (Å²) in [5.74, 6) is -3.96. The van der Waals surface area contributed by atoms with Gasteiger partial charge in [-0.05, 0) is 60.1 Å². The highest BCUT2D eigenvalue weighted by Crippen LogP contribution is 2.56. The van der Waals surface area contributed by atoms with Crippen molar-refractivity contribution in [2.75, 3.05) is 32.6 Å². The van der Waals surface area contributed by atoms with Gasteiger partial charge in [0.2, 0.25) is 11.8 Å². The number of methoxy groups -OCH3 is 1. The van der Waals surface area contributed by atoms with E-state index in [0.717, 1.165) is 24.2 Å². The summed E-state index contributed by atoms with van der Waals surface area (Å²) in [5.41, 5.74) is 1.10. The number of benzene rings is 2. The van der Waals surface area contributed by atoms with Crippen LogP contribution in [0.5, 0.6) is 0 Å². The van der Waals surface area contributed by atoms with Crippen LogP contribution in [-0.4, -0.2) is 59.9 Å². The molecule has 2 aromatic carbocycles. The lowest BCUT2D eigenvalue weighted by atomic mass is 9.74. The summed E-state index contributed by atoms with van der Waals surface area (Å²) in [6.07, 6.45) is 9.52. The number of carboxylic acid groups (broad SMARTS) is 1. The van der Waals surface area contributed by atoms with Crippen LogP contribution in [0.1, 0.15) is 34.3 Å². The summed E-state index contributed by atoms with van der Waals surface area (Å²) >= 11 is 12.2. The number of hydrogen-bond acceptors (Lipinski definition) is 5. The standard InChI is InChI=1S/C35H34Cl2FN3O5/c1-21(36)6-4-9-29(38)31-27(32(42)40(2)18-22-10-12-24(13-11-22)33(43)44)20-41(19-23-7-5-8-26(16-23)46-3)35(31)28-15-14-25(37)17-30(28)39-34(35)45/h4,6-7,9-17,27,31H,1,5,8,18-20H2,2-3H3,(H,39,45)(H,43,44)/b6-4-,29-9-/t27-,31?,35-/m1/s1. The second kappa shape index (κ2) is 13.7. The normalized spacial score (nSPS) is 22.8. The first-order valence-electron chi connectivity index (χ1n) is 14.7. The van der Waals surface area contributed by atoms with Crippen LogP contribution >= 0.6 is 23.2 Å². The van der Waals surface area contributed by atoms with E-state index in [4.69, 9.17) is 27.9 Å². The maximum atomic E-state index is 16.7. The van der Waals surface area contributed by atoms with Gasteiger partial charge in [0.25, 0.3) is 0 Å². The third kappa shape index (κ3) is 6.40. The Morgan fingerprint density at radius 2 is 2.00 bits per heavy atom. The molecule has 0 aromatic heterocycles. The number of allylic oxidation sites excluding steroid dienone is 6. The molecular weight excluding hydrogens is 632 g/mol. The van der Waals surface area contributed by atoms with Gasteiger partial charge in [-0.25, -0.2) is 9.18 Å². The molecule has 1 fully saturated rings. The van der Waals surface area contributed by atoms with Gasteiger partial charge in [-0.3, -0.25) is 14.5 Å². The second-order valence-corrected chi connectivity index (χ2v) is 12.5. The number of carbonyl (C=O) groups excluding carboxylic acids is 2. The monoisotopic (exact) mass is 665 g/mol. The van der Waals surface area contributed by atoms with E-state index in [2.05, 4.69) is 18.0 Å². The zero-order chi connectivity index (χ0) is 33.2. The summed E-state index contributed by atoms with van der Waals surface area (Å²) in [6, 6.07) is 11.2. The van der Waals surface area contributed by atoms with Crippen molar-refractivity contribution in [3.63, 3.8) is 0 Å². The van der Waals surface area contributed by atoms with Crippen LogP contribution in [0.2, 0.25) is 5.02 Å². The van der Waals surface area contributed by atoms with Crippen molar-refractivity contribution in [2.24, 2.45) is 11.8 Å². The number of carboxylic acids is 1. The SMILES string of the molecule is C=C(Cl)/C=C\C=C(/F)C1[C@H](C(=O)N(C)Cc2ccc(C(=O)O)cc2)CN(CC2=CCCC(OC)=C2)[C@@]12C(=O)Nc1cc(Cl)ccc12. The number of anilines is 1. The molecule has 0 saturated carbocycles. The molecule has 8 nitrogen and oxygen atoms in total. The predicted molar refractivity (Wildman–Crippen MR) is 176 cm³/mol. The predicted octanol–water partition coefficient (Wildman–Crippen LogP) is 6.80. The molecule has 11 heteroatoms. The molecule has 2 heterocycles. The zero-order valence-corrected chi connectivity index (χ0v) is 26.9. The van der Waals surface area contributed by atoms with Crippen molar-refractivity contribution >= 4 is 46.7 Å². The fourth-order valence-corrected chi connectivity index (χ4v) is 6.90. The number of likely N-dealkylation sites (tertiary alicyclic amines) is 1. The first-order valence-corrected chi connectivity index (χ1v) is 15.5. The van der Waals surface area contributed by atoms with Crippen LogP contribution in [0.15, 0.2) is 102 Å². The van der Waals surface area contributed by atoms with Gasteiger partial charge in [-0.2, -0.15) is 0 Å². The Hall–Kier alpha value is -4.18. The Labute approximate surface area is 277 Å². The molecule has 3 atom stereocenters. The van der Waals surface area contributed by atoms with Crippen molar-refractivity contribution in [3.8, 4) is 0 Å². The summed E-state index contributed by atoms with van der Waals surface area (Å²) in [6.45, 7) is 4.08. The van der Waals surface area contributed by atoms with E-state index in [1.54, 1.807) is 44.5 Å². The molecule has 1 saturated heterocycles. The van der Waals surface area contributed by atoms with Crippen LogP contribution in [0.25, 0.3) is 0 Å². The van der Waals surface area contributed by atoms with E-state index in [1.807, 2.05) is 11.0 Å². The molecular formula is C35H34Cl2FN3O5. The number of ether oxygens (including phenoxy) is 1. The van der Waals surface area contributed by atoms with Crippen LogP contribution < -0.4 is 5.32 Å². The molecule has 2 aromatic rings. The molecule has 5 rings (SSSR count). The number of nitrogens with one attached hydrogen (secondary N) is 1. The Morgan fingerprint density at radius 3 is 2.67 bits per heavy atom. The Balaban J connectivity index is 1.61. The van der Waals surface area contributed by atoms with Gasteiger partial charge in [-0.15, -0.1) is 0 Å².